The lowest BCUT2D eigenvalue weighted by Crippen LogP contribution is -2.20. The van der Waals surface area contributed by atoms with Gasteiger partial charge in [-0.15, -0.1) is 0 Å². The van der Waals surface area contributed by atoms with Crippen molar-refractivity contribution in [3.63, 3.8) is 0 Å². The van der Waals surface area contributed by atoms with Crippen molar-refractivity contribution in [2.45, 2.75) is 31.6 Å². The van der Waals surface area contributed by atoms with Gasteiger partial charge in [-0.2, -0.15) is 5.10 Å². The molecule has 0 saturated heterocycles. The minimum absolute atomic E-state index is 0.492. The molecule has 1 aromatic carbocycles. The number of aromatic amines is 1. The van der Waals surface area contributed by atoms with Gasteiger partial charge in [-0.25, -0.2) is 0 Å². The summed E-state index contributed by atoms with van der Waals surface area (Å²) in [7, 11) is 0. The maximum atomic E-state index is 6.39. The fourth-order valence-corrected chi connectivity index (χ4v) is 3.31. The number of fused-ring (bicyclic) bond motifs is 1. The number of hydrogen-bond donors (Lipinski definition) is 1. The summed E-state index contributed by atoms with van der Waals surface area (Å²) in [6.07, 6.45) is 3.95. The summed E-state index contributed by atoms with van der Waals surface area (Å²) in [4.78, 5) is 0. The van der Waals surface area contributed by atoms with Crippen molar-refractivity contribution >= 4 is 22.5 Å². The lowest BCUT2D eigenvalue weighted by atomic mass is 9.70. The minimum atomic E-state index is 0.492. The second-order valence-electron chi connectivity index (χ2n) is 5.56. The molecule has 1 fully saturated rings. The van der Waals surface area contributed by atoms with Crippen LogP contribution in [0.4, 0.5) is 0 Å². The van der Waals surface area contributed by atoms with Crippen LogP contribution in [0.15, 0.2) is 28.9 Å². The van der Waals surface area contributed by atoms with Crippen molar-refractivity contribution in [1.29, 1.82) is 0 Å². The smallest absolute Gasteiger partial charge is 0.133 e. The highest BCUT2D eigenvalue weighted by Gasteiger charge is 2.34. The third-order valence-corrected chi connectivity index (χ3v) is 4.53. The van der Waals surface area contributed by atoms with E-state index >= 15 is 0 Å². The Bertz CT molecular complexity index is 770. The Kier molecular flexibility index (Phi) is 2.60. The van der Waals surface area contributed by atoms with Crippen molar-refractivity contribution in [3.8, 4) is 0 Å². The van der Waals surface area contributed by atoms with E-state index in [0.29, 0.717) is 11.8 Å². The topological polar surface area (TPSA) is 54.7 Å². The summed E-state index contributed by atoms with van der Waals surface area (Å²) in [6.45, 7) is 1.93. The van der Waals surface area contributed by atoms with E-state index in [1.54, 1.807) is 6.20 Å². The first-order valence-corrected chi connectivity index (χ1v) is 7.14. The third kappa shape index (κ3) is 1.83. The molecule has 1 N–H and O–H groups in total. The van der Waals surface area contributed by atoms with Gasteiger partial charge in [0, 0.05) is 22.4 Å². The largest absolute Gasteiger partial charge is 0.361 e. The van der Waals surface area contributed by atoms with Crippen molar-refractivity contribution in [1.82, 2.24) is 15.4 Å². The first-order chi connectivity index (χ1) is 9.70. The zero-order valence-electron chi connectivity index (χ0n) is 11.1. The Labute approximate surface area is 121 Å². The Morgan fingerprint density at radius 2 is 2.10 bits per heavy atom. The molecule has 0 amide bonds. The van der Waals surface area contributed by atoms with Crippen LogP contribution in [0.1, 0.15) is 41.7 Å². The second kappa shape index (κ2) is 4.35. The van der Waals surface area contributed by atoms with E-state index in [-0.39, 0.29) is 0 Å². The minimum Gasteiger partial charge on any atom is -0.361 e. The molecule has 1 aliphatic carbocycles. The van der Waals surface area contributed by atoms with Gasteiger partial charge < -0.3 is 4.52 Å². The fraction of sp³-hybridized carbons (Fsp3) is 0.333. The molecule has 3 aromatic rings. The van der Waals surface area contributed by atoms with Gasteiger partial charge in [0.1, 0.15) is 5.76 Å². The average Bonchev–Trinajstić information content (AvgIpc) is 2.96. The van der Waals surface area contributed by atoms with Crippen LogP contribution in [0, 0.1) is 6.92 Å². The predicted octanol–water partition coefficient (Wildman–Crippen LogP) is 4.17. The lowest BCUT2D eigenvalue weighted by Gasteiger charge is -2.34. The lowest BCUT2D eigenvalue weighted by molar-refractivity contribution is 0.320. The highest BCUT2D eigenvalue weighted by atomic mass is 35.5. The molecule has 0 spiro atoms. The number of aryl methyl sites for hydroxylation is 1. The molecule has 2 heterocycles. The van der Waals surface area contributed by atoms with E-state index in [1.807, 2.05) is 19.1 Å². The molecule has 0 atom stereocenters. The van der Waals surface area contributed by atoms with Crippen LogP contribution in [0.25, 0.3) is 10.9 Å². The quantitative estimate of drug-likeness (QED) is 0.769. The number of benzene rings is 1. The van der Waals surface area contributed by atoms with Crippen LogP contribution in [-0.4, -0.2) is 15.4 Å². The van der Waals surface area contributed by atoms with Crippen LogP contribution in [0.2, 0.25) is 5.02 Å². The maximum Gasteiger partial charge on any atom is 0.133 e. The summed E-state index contributed by atoms with van der Waals surface area (Å²) in [5.41, 5.74) is 3.32. The van der Waals surface area contributed by atoms with E-state index in [4.69, 9.17) is 16.1 Å². The molecule has 0 aliphatic heterocycles. The molecular weight excluding hydrogens is 274 g/mol. The SMILES string of the molecule is Cc1cc(C2CC(c3cc4[nH]ncc4cc3Cl)C2)no1. The summed E-state index contributed by atoms with van der Waals surface area (Å²) in [5.74, 6) is 1.86. The Morgan fingerprint density at radius 1 is 1.25 bits per heavy atom. The fourth-order valence-electron chi connectivity index (χ4n) is 2.98. The first kappa shape index (κ1) is 12.0. The zero-order chi connectivity index (χ0) is 13.7. The predicted molar refractivity (Wildman–Crippen MR) is 77.1 cm³/mol. The molecule has 0 bridgehead atoms. The van der Waals surface area contributed by atoms with Gasteiger partial charge in [0.2, 0.25) is 0 Å². The highest BCUT2D eigenvalue weighted by Crippen LogP contribution is 2.49. The van der Waals surface area contributed by atoms with Gasteiger partial charge in [-0.3, -0.25) is 5.10 Å². The van der Waals surface area contributed by atoms with Gasteiger partial charge in [-0.1, -0.05) is 16.8 Å². The van der Waals surface area contributed by atoms with Gasteiger partial charge in [0.05, 0.1) is 17.4 Å². The summed E-state index contributed by atoms with van der Waals surface area (Å²) < 4.78 is 5.14. The van der Waals surface area contributed by atoms with Gasteiger partial charge in [0.15, 0.2) is 0 Å². The van der Waals surface area contributed by atoms with Crippen LogP contribution in [-0.2, 0) is 0 Å². The number of nitrogens with one attached hydrogen (secondary N) is 1. The number of H-pyrrole nitrogens is 1. The van der Waals surface area contributed by atoms with Crippen molar-refractivity contribution < 1.29 is 4.52 Å². The van der Waals surface area contributed by atoms with Gasteiger partial charge in [0.25, 0.3) is 0 Å². The van der Waals surface area contributed by atoms with E-state index in [2.05, 4.69) is 21.4 Å². The van der Waals surface area contributed by atoms with E-state index < -0.39 is 0 Å². The highest BCUT2D eigenvalue weighted by molar-refractivity contribution is 6.32. The number of nitrogens with zero attached hydrogens (tertiary/aromatic N) is 2. The number of rotatable bonds is 2. The van der Waals surface area contributed by atoms with Crippen molar-refractivity contribution in [3.05, 3.63) is 46.4 Å². The number of hydrogen-bond acceptors (Lipinski definition) is 3. The van der Waals surface area contributed by atoms with Gasteiger partial charge >= 0.3 is 0 Å². The normalized spacial score (nSPS) is 22.1. The van der Waals surface area contributed by atoms with Gasteiger partial charge in [-0.05, 0) is 43.4 Å². The Hall–Kier alpha value is -1.81. The van der Waals surface area contributed by atoms with Crippen LogP contribution in [0.5, 0.6) is 0 Å². The molecule has 102 valence electrons. The molecule has 5 heteroatoms. The Morgan fingerprint density at radius 3 is 2.85 bits per heavy atom. The average molecular weight is 288 g/mol. The second-order valence-corrected chi connectivity index (χ2v) is 5.97. The van der Waals surface area contributed by atoms with E-state index in [9.17, 15) is 0 Å². The molecule has 2 aromatic heterocycles. The monoisotopic (exact) mass is 287 g/mol. The molecule has 1 aliphatic rings. The van der Waals surface area contributed by atoms with Crippen LogP contribution >= 0.6 is 11.6 Å². The summed E-state index contributed by atoms with van der Waals surface area (Å²) >= 11 is 6.39. The van der Waals surface area contributed by atoms with Crippen molar-refractivity contribution in [2.75, 3.05) is 0 Å². The Balaban J connectivity index is 1.58. The molecule has 4 rings (SSSR count). The maximum absolute atomic E-state index is 6.39. The molecule has 0 unspecified atom stereocenters. The summed E-state index contributed by atoms with van der Waals surface area (Å²) in [6, 6.07) is 6.14. The molecular formula is C15H14ClN3O. The van der Waals surface area contributed by atoms with E-state index in [1.165, 1.54) is 5.56 Å². The molecule has 0 radical (unpaired) electrons. The third-order valence-electron chi connectivity index (χ3n) is 4.20. The number of halogens is 1. The summed E-state index contributed by atoms with van der Waals surface area (Å²) in [5, 5.41) is 13.0. The van der Waals surface area contributed by atoms with Crippen molar-refractivity contribution in [2.24, 2.45) is 0 Å². The zero-order valence-corrected chi connectivity index (χ0v) is 11.8. The van der Waals surface area contributed by atoms with E-state index in [0.717, 1.165) is 40.2 Å². The molecule has 1 saturated carbocycles. The standard InChI is InChI=1S/C15H14ClN3O/c1-8-2-15(19-20-8)10-3-9(4-10)12-6-14-11(5-13(12)16)7-17-18-14/h2,5-7,9-10H,3-4H2,1H3,(H,17,18). The first-order valence-electron chi connectivity index (χ1n) is 6.76. The molecule has 20 heavy (non-hydrogen) atoms. The van der Waals surface area contributed by atoms with Crippen LogP contribution < -0.4 is 0 Å². The van der Waals surface area contributed by atoms with Crippen LogP contribution in [0.3, 0.4) is 0 Å². The molecule has 4 nitrogen and oxygen atoms in total. The number of aromatic nitrogens is 3.